The number of fused-ring (bicyclic) bond motifs is 1. The SMILES string of the molecule is CCc1nc2n(n1)CC(NC(=NC)NCc1cc(Br)ccc1OC)CC2. The highest BCUT2D eigenvalue weighted by molar-refractivity contribution is 9.10. The lowest BCUT2D eigenvalue weighted by molar-refractivity contribution is 0.391. The molecule has 3 rings (SSSR count). The Bertz CT molecular complexity index is 788. The zero-order chi connectivity index (χ0) is 18.5. The van der Waals surface area contributed by atoms with Gasteiger partial charge in [-0.1, -0.05) is 22.9 Å². The van der Waals surface area contributed by atoms with Gasteiger partial charge < -0.3 is 15.4 Å². The first-order chi connectivity index (χ1) is 12.6. The number of aryl methyl sites for hydroxylation is 2. The van der Waals surface area contributed by atoms with E-state index in [1.807, 2.05) is 22.9 Å². The number of nitrogens with zero attached hydrogens (tertiary/aromatic N) is 4. The predicted octanol–water partition coefficient (Wildman–Crippen LogP) is 2.29. The van der Waals surface area contributed by atoms with Crippen molar-refractivity contribution in [1.29, 1.82) is 0 Å². The molecule has 1 aliphatic heterocycles. The molecule has 2 aromatic rings. The second-order valence-corrected chi connectivity index (χ2v) is 7.16. The van der Waals surface area contributed by atoms with E-state index >= 15 is 0 Å². The van der Waals surface area contributed by atoms with Crippen LogP contribution in [0.2, 0.25) is 0 Å². The molecule has 0 bridgehead atoms. The van der Waals surface area contributed by atoms with Gasteiger partial charge in [0.1, 0.15) is 11.6 Å². The lowest BCUT2D eigenvalue weighted by atomic mass is 10.1. The Labute approximate surface area is 162 Å². The van der Waals surface area contributed by atoms with Gasteiger partial charge in [-0.05, 0) is 24.6 Å². The van der Waals surface area contributed by atoms with Gasteiger partial charge in [-0.25, -0.2) is 9.67 Å². The van der Waals surface area contributed by atoms with Crippen LogP contribution in [0.15, 0.2) is 27.7 Å². The highest BCUT2D eigenvalue weighted by Crippen LogP contribution is 2.22. The summed E-state index contributed by atoms with van der Waals surface area (Å²) < 4.78 is 8.47. The summed E-state index contributed by atoms with van der Waals surface area (Å²) in [5.74, 6) is 3.64. The first kappa shape index (κ1) is 18.7. The molecule has 140 valence electrons. The first-order valence-corrected chi connectivity index (χ1v) is 9.64. The molecular formula is C18H25BrN6O. The number of hydrogen-bond donors (Lipinski definition) is 2. The third kappa shape index (κ3) is 4.35. The van der Waals surface area contributed by atoms with E-state index in [2.05, 4.69) is 48.6 Å². The molecule has 2 heterocycles. The molecule has 1 atom stereocenters. The summed E-state index contributed by atoms with van der Waals surface area (Å²) in [5, 5.41) is 11.4. The van der Waals surface area contributed by atoms with Crippen LogP contribution in [0.3, 0.4) is 0 Å². The predicted molar refractivity (Wildman–Crippen MR) is 106 cm³/mol. The summed E-state index contributed by atoms with van der Waals surface area (Å²) in [6.45, 7) is 3.52. The fourth-order valence-electron chi connectivity index (χ4n) is 3.08. The number of halogens is 1. The maximum Gasteiger partial charge on any atom is 0.191 e. The van der Waals surface area contributed by atoms with Crippen molar-refractivity contribution in [2.75, 3.05) is 14.2 Å². The first-order valence-electron chi connectivity index (χ1n) is 8.85. The van der Waals surface area contributed by atoms with Crippen molar-refractivity contribution in [3.05, 3.63) is 39.9 Å². The Hall–Kier alpha value is -2.09. The zero-order valence-corrected chi connectivity index (χ0v) is 17.0. The average Bonchev–Trinajstić information content (AvgIpc) is 3.07. The van der Waals surface area contributed by atoms with Gasteiger partial charge in [0.2, 0.25) is 0 Å². The molecule has 1 aromatic carbocycles. The Morgan fingerprint density at radius 2 is 2.31 bits per heavy atom. The summed E-state index contributed by atoms with van der Waals surface area (Å²) in [6.07, 6.45) is 2.82. The number of nitrogens with one attached hydrogen (secondary N) is 2. The monoisotopic (exact) mass is 420 g/mol. The van der Waals surface area contributed by atoms with Crippen molar-refractivity contribution in [3.63, 3.8) is 0 Å². The number of aliphatic imine (C=N–C) groups is 1. The van der Waals surface area contributed by atoms with Crippen LogP contribution in [0.1, 0.15) is 30.6 Å². The van der Waals surface area contributed by atoms with Crippen LogP contribution in [0.4, 0.5) is 0 Å². The summed E-state index contributed by atoms with van der Waals surface area (Å²) in [7, 11) is 3.47. The fourth-order valence-corrected chi connectivity index (χ4v) is 3.49. The van der Waals surface area contributed by atoms with E-state index in [-0.39, 0.29) is 6.04 Å². The quantitative estimate of drug-likeness (QED) is 0.573. The number of benzene rings is 1. The summed E-state index contributed by atoms with van der Waals surface area (Å²) in [6, 6.07) is 6.26. The van der Waals surface area contributed by atoms with Crippen molar-refractivity contribution in [1.82, 2.24) is 25.4 Å². The van der Waals surface area contributed by atoms with E-state index in [4.69, 9.17) is 4.74 Å². The van der Waals surface area contributed by atoms with Gasteiger partial charge >= 0.3 is 0 Å². The molecule has 0 fully saturated rings. The maximum absolute atomic E-state index is 5.43. The van der Waals surface area contributed by atoms with E-state index in [9.17, 15) is 0 Å². The molecule has 0 saturated carbocycles. The second-order valence-electron chi connectivity index (χ2n) is 6.24. The van der Waals surface area contributed by atoms with E-state index in [1.54, 1.807) is 14.2 Å². The minimum atomic E-state index is 0.282. The minimum Gasteiger partial charge on any atom is -0.496 e. The number of aromatic nitrogens is 3. The zero-order valence-electron chi connectivity index (χ0n) is 15.4. The lowest BCUT2D eigenvalue weighted by Gasteiger charge is -2.25. The van der Waals surface area contributed by atoms with Crippen molar-refractivity contribution >= 4 is 21.9 Å². The maximum atomic E-state index is 5.43. The fraction of sp³-hybridized carbons (Fsp3) is 0.500. The van der Waals surface area contributed by atoms with E-state index in [0.29, 0.717) is 6.54 Å². The third-order valence-corrected chi connectivity index (χ3v) is 4.96. The average molecular weight is 421 g/mol. The molecule has 1 unspecified atom stereocenters. The summed E-state index contributed by atoms with van der Waals surface area (Å²) >= 11 is 3.51. The molecule has 0 amide bonds. The molecule has 2 N–H and O–H groups in total. The van der Waals surface area contributed by atoms with Crippen LogP contribution in [0.5, 0.6) is 5.75 Å². The number of hydrogen-bond acceptors (Lipinski definition) is 4. The Balaban J connectivity index is 1.60. The molecule has 26 heavy (non-hydrogen) atoms. The highest BCUT2D eigenvalue weighted by Gasteiger charge is 2.22. The Morgan fingerprint density at radius 3 is 3.04 bits per heavy atom. The van der Waals surface area contributed by atoms with Gasteiger partial charge in [-0.3, -0.25) is 4.99 Å². The number of guanidine groups is 1. The van der Waals surface area contributed by atoms with Crippen LogP contribution >= 0.6 is 15.9 Å². The topological polar surface area (TPSA) is 76.4 Å². The van der Waals surface area contributed by atoms with Gasteiger partial charge in [0, 0.05) is 42.5 Å². The lowest BCUT2D eigenvalue weighted by Crippen LogP contribution is -2.46. The van der Waals surface area contributed by atoms with Gasteiger partial charge in [0.15, 0.2) is 11.8 Å². The van der Waals surface area contributed by atoms with Crippen molar-refractivity contribution < 1.29 is 4.74 Å². The molecule has 0 spiro atoms. The van der Waals surface area contributed by atoms with Crippen LogP contribution < -0.4 is 15.4 Å². The molecule has 0 saturated heterocycles. The molecule has 0 radical (unpaired) electrons. The number of rotatable bonds is 5. The number of methoxy groups -OCH3 is 1. The third-order valence-electron chi connectivity index (χ3n) is 4.47. The van der Waals surface area contributed by atoms with Crippen molar-refractivity contribution in [2.24, 2.45) is 4.99 Å². The standard InChI is InChI=1S/C18H25BrN6O/c1-4-16-23-17-8-6-14(11-25(17)24-16)22-18(20-2)21-10-12-9-13(19)5-7-15(12)26-3/h5,7,9,14H,4,6,8,10-11H2,1-3H3,(H2,20,21,22). The van der Waals surface area contributed by atoms with Crippen molar-refractivity contribution in [3.8, 4) is 5.75 Å². The normalized spacial score (nSPS) is 16.9. The van der Waals surface area contributed by atoms with Crippen LogP contribution in [-0.2, 0) is 25.9 Å². The van der Waals surface area contributed by atoms with Crippen LogP contribution in [-0.4, -0.2) is 40.9 Å². The minimum absolute atomic E-state index is 0.282. The van der Waals surface area contributed by atoms with E-state index in [0.717, 1.165) is 59.2 Å². The molecule has 8 heteroatoms. The van der Waals surface area contributed by atoms with Crippen LogP contribution in [0.25, 0.3) is 0 Å². The molecule has 1 aliphatic rings. The molecular weight excluding hydrogens is 396 g/mol. The Kier molecular flexibility index (Phi) is 6.13. The molecule has 1 aromatic heterocycles. The van der Waals surface area contributed by atoms with Crippen LogP contribution in [0, 0.1) is 0 Å². The summed E-state index contributed by atoms with van der Waals surface area (Å²) in [5.41, 5.74) is 1.07. The highest BCUT2D eigenvalue weighted by atomic mass is 79.9. The summed E-state index contributed by atoms with van der Waals surface area (Å²) in [4.78, 5) is 8.92. The van der Waals surface area contributed by atoms with E-state index in [1.165, 1.54) is 0 Å². The van der Waals surface area contributed by atoms with Crippen molar-refractivity contribution in [2.45, 2.75) is 45.3 Å². The largest absolute Gasteiger partial charge is 0.496 e. The van der Waals surface area contributed by atoms with Gasteiger partial charge in [0.25, 0.3) is 0 Å². The Morgan fingerprint density at radius 1 is 1.46 bits per heavy atom. The molecule has 7 nitrogen and oxygen atoms in total. The van der Waals surface area contributed by atoms with Gasteiger partial charge in [-0.2, -0.15) is 5.10 Å². The number of ether oxygens (including phenoxy) is 1. The van der Waals surface area contributed by atoms with Gasteiger partial charge in [-0.15, -0.1) is 0 Å². The van der Waals surface area contributed by atoms with E-state index < -0.39 is 0 Å². The molecule has 0 aliphatic carbocycles. The van der Waals surface area contributed by atoms with Gasteiger partial charge in [0.05, 0.1) is 13.7 Å². The second kappa shape index (κ2) is 8.53. The smallest absolute Gasteiger partial charge is 0.191 e.